The van der Waals surface area contributed by atoms with Crippen LogP contribution < -0.4 is 51.4 Å². The van der Waals surface area contributed by atoms with Gasteiger partial charge < -0.3 is 74.8 Å². The molecule has 0 aliphatic rings. The summed E-state index contributed by atoms with van der Waals surface area (Å²) >= 11 is 0. The first kappa shape index (κ1) is 255. The van der Waals surface area contributed by atoms with Gasteiger partial charge in [-0.05, 0) is 0 Å². The largest absolute Gasteiger partial charge is 3.00 e. The quantitative estimate of drug-likeness (QED) is 0.214. The summed E-state index contributed by atoms with van der Waals surface area (Å²) < 4.78 is 34.1. The van der Waals surface area contributed by atoms with Gasteiger partial charge in [-0.25, -0.2) is 0 Å². The van der Waals surface area contributed by atoms with E-state index in [0.29, 0.717) is 0 Å². The van der Waals surface area contributed by atoms with Crippen LogP contribution in [-0.2, 0) is 27.5 Å². The van der Waals surface area contributed by atoms with Crippen LogP contribution in [0.2, 0.25) is 0 Å². The van der Waals surface area contributed by atoms with E-state index in [0.717, 1.165) is 0 Å². The van der Waals surface area contributed by atoms with Crippen molar-refractivity contribution in [3.05, 3.63) is 0 Å². The molecule has 0 amide bonds. The first-order valence-electron chi connectivity index (χ1n) is 0.667. The Kier molecular flexibility index (Phi) is 1590. The summed E-state index contributed by atoms with van der Waals surface area (Å²) in [7, 11) is -5.17. The second-order valence-corrected chi connectivity index (χ2v) is 1.22. The summed E-state index contributed by atoms with van der Waals surface area (Å²) in [4.78, 5) is 0. The molecule has 0 aromatic carbocycles. The molecule has 133 valence electrons. The van der Waals surface area contributed by atoms with E-state index in [4.69, 9.17) is 17.5 Å². The average Bonchev–Trinajstić information content (AvgIpc) is 0.722. The van der Waals surface area contributed by atoms with Crippen molar-refractivity contribution in [1.29, 1.82) is 0 Å². The monoisotopic (exact) mass is 407 g/mol. The van der Waals surface area contributed by atoms with Gasteiger partial charge in [-0.3, -0.25) is 8.42 Å². The van der Waals surface area contributed by atoms with Gasteiger partial charge in [0.05, 0.1) is 0 Å². The molecule has 0 rings (SSSR count). The summed E-state index contributed by atoms with van der Waals surface area (Å²) in [6, 6.07) is 0. The molecular formula is H24FeKO16S+2. The predicted molar refractivity (Wildman–Crippen MR) is 53.8 cm³/mol. The third-order valence-corrected chi connectivity index (χ3v) is 0. The zero-order chi connectivity index (χ0) is 4.50. The first-order chi connectivity index (χ1) is 2.00. The Morgan fingerprint density at radius 2 is 0.474 bits per heavy atom. The molecule has 0 saturated heterocycles. The van der Waals surface area contributed by atoms with Gasteiger partial charge in [0.2, 0.25) is 0 Å². The van der Waals surface area contributed by atoms with Crippen LogP contribution in [0, 0.1) is 0 Å². The maximum atomic E-state index is 8.52. The Morgan fingerprint density at radius 3 is 0.474 bits per heavy atom. The molecule has 0 saturated carbocycles. The van der Waals surface area contributed by atoms with Crippen LogP contribution in [0.4, 0.5) is 0 Å². The van der Waals surface area contributed by atoms with E-state index >= 15 is 0 Å². The fraction of sp³-hybridized carbons (Fsp3) is 0. The van der Waals surface area contributed by atoms with Gasteiger partial charge in [-0.15, -0.1) is 0 Å². The van der Waals surface area contributed by atoms with Crippen molar-refractivity contribution in [2.75, 3.05) is 0 Å². The molecule has 1 radical (unpaired) electrons. The maximum Gasteiger partial charge on any atom is 3.00 e. The minimum Gasteiger partial charge on any atom is -0.759 e. The number of hydrogen-bond acceptors (Lipinski definition) is 4. The zero-order valence-electron chi connectivity index (χ0n) is 9.39. The molecule has 16 nitrogen and oxygen atoms in total. The van der Waals surface area contributed by atoms with Crippen LogP contribution in [0.5, 0.6) is 0 Å². The molecule has 19 heavy (non-hydrogen) atoms. The normalized spacial score (nSPS) is 3.05. The molecule has 0 heterocycles. The molecule has 0 bridgehead atoms. The van der Waals surface area contributed by atoms with Crippen LogP contribution in [0.3, 0.4) is 0 Å². The minimum atomic E-state index is -5.17. The molecule has 0 fully saturated rings. The number of hydrogen-bond donors (Lipinski definition) is 0. The van der Waals surface area contributed by atoms with Crippen LogP contribution in [0.25, 0.3) is 0 Å². The number of rotatable bonds is 0. The van der Waals surface area contributed by atoms with E-state index in [9.17, 15) is 0 Å². The minimum absolute atomic E-state index is 0. The fourth-order valence-electron chi connectivity index (χ4n) is 0. The SMILES string of the molecule is O.O.O.O.O.O.O.O.O.O.O.O.O=S(=O)([O-])[O-].[Fe+3].[K+]. The standard InChI is InChI=1S/Fe.K.H2O4S.12H2O/c;;1-5(2,3)4;;;;;;;;;;;;/h;;(H2,1,2,3,4);12*1H2/q+3;+1;;;;;;;;;;;;;/p-2. The Bertz CT molecular complexity index is 99.9. The molecule has 19 heteroatoms. The molecule has 0 atom stereocenters. The molecule has 0 aliphatic carbocycles. The summed E-state index contributed by atoms with van der Waals surface area (Å²) in [5.74, 6) is 0. The predicted octanol–water partition coefficient (Wildman–Crippen LogP) is -14.2. The van der Waals surface area contributed by atoms with Crippen molar-refractivity contribution < 1.29 is 152 Å². The van der Waals surface area contributed by atoms with Crippen molar-refractivity contribution in [2.24, 2.45) is 0 Å². The average molecular weight is 407 g/mol. The van der Waals surface area contributed by atoms with Gasteiger partial charge >= 0.3 is 68.5 Å². The van der Waals surface area contributed by atoms with Crippen molar-refractivity contribution in [3.63, 3.8) is 0 Å². The summed E-state index contributed by atoms with van der Waals surface area (Å²) in [6.45, 7) is 0. The molecule has 0 aromatic rings. The smallest absolute Gasteiger partial charge is 0.759 e. The van der Waals surface area contributed by atoms with E-state index in [1.807, 2.05) is 0 Å². The van der Waals surface area contributed by atoms with Crippen molar-refractivity contribution in [1.82, 2.24) is 0 Å². The summed E-state index contributed by atoms with van der Waals surface area (Å²) in [5, 5.41) is 0. The summed E-state index contributed by atoms with van der Waals surface area (Å²) in [6.07, 6.45) is 0. The van der Waals surface area contributed by atoms with E-state index in [1.54, 1.807) is 0 Å². The molecule has 24 N–H and O–H groups in total. The second-order valence-electron chi connectivity index (χ2n) is 0.408. The third kappa shape index (κ3) is 2520. The van der Waals surface area contributed by atoms with E-state index in [1.165, 1.54) is 0 Å². The molecule has 0 aromatic heterocycles. The first-order valence-corrected chi connectivity index (χ1v) is 2.00. The van der Waals surface area contributed by atoms with Crippen molar-refractivity contribution in [2.45, 2.75) is 0 Å². The maximum absolute atomic E-state index is 8.52. The van der Waals surface area contributed by atoms with Crippen molar-refractivity contribution >= 4 is 10.4 Å². The molecule has 0 spiro atoms. The van der Waals surface area contributed by atoms with E-state index in [2.05, 4.69) is 0 Å². The van der Waals surface area contributed by atoms with Crippen LogP contribution in [0.1, 0.15) is 0 Å². The van der Waals surface area contributed by atoms with E-state index in [-0.39, 0.29) is 134 Å². The molecule has 0 unspecified atom stereocenters. The fourth-order valence-corrected chi connectivity index (χ4v) is 0. The Morgan fingerprint density at radius 1 is 0.474 bits per heavy atom. The molecule has 0 aliphatic heterocycles. The molecular weight excluding hydrogens is 383 g/mol. The van der Waals surface area contributed by atoms with Gasteiger partial charge in [0.15, 0.2) is 0 Å². The Balaban J connectivity index is -0.000000000879. The zero-order valence-corrected chi connectivity index (χ0v) is 14.4. The Labute approximate surface area is 160 Å². The van der Waals surface area contributed by atoms with Crippen molar-refractivity contribution in [3.8, 4) is 0 Å². The summed E-state index contributed by atoms with van der Waals surface area (Å²) in [5.41, 5.74) is 0. The van der Waals surface area contributed by atoms with Gasteiger partial charge in [0.25, 0.3) is 0 Å². The van der Waals surface area contributed by atoms with Crippen LogP contribution in [0.15, 0.2) is 0 Å². The van der Waals surface area contributed by atoms with E-state index < -0.39 is 10.4 Å². The Hall–Kier alpha value is 1.55. The van der Waals surface area contributed by atoms with Crippen LogP contribution >= 0.6 is 0 Å². The topological polar surface area (TPSA) is 458 Å². The third-order valence-electron chi connectivity index (χ3n) is 0. The van der Waals surface area contributed by atoms with Gasteiger partial charge in [-0.2, -0.15) is 0 Å². The second kappa shape index (κ2) is 118. The van der Waals surface area contributed by atoms with Gasteiger partial charge in [0.1, 0.15) is 0 Å². The van der Waals surface area contributed by atoms with Crippen LogP contribution in [-0.4, -0.2) is 83.2 Å². The van der Waals surface area contributed by atoms with Gasteiger partial charge in [-0.1, -0.05) is 0 Å². The van der Waals surface area contributed by atoms with Gasteiger partial charge in [0, 0.05) is 10.4 Å².